The first-order chi connectivity index (χ1) is 13.6. The van der Waals surface area contributed by atoms with Crippen LogP contribution in [0.2, 0.25) is 0 Å². The minimum Gasteiger partial charge on any atom is -0.406 e. The lowest BCUT2D eigenvalue weighted by molar-refractivity contribution is -0.274. The van der Waals surface area contributed by atoms with E-state index in [1.807, 2.05) is 31.7 Å². The number of aryl methyl sites for hydroxylation is 1. The van der Waals surface area contributed by atoms with Gasteiger partial charge in [0.05, 0.1) is 11.4 Å². The Morgan fingerprint density at radius 2 is 1.79 bits per heavy atom. The Bertz CT molecular complexity index is 855. The van der Waals surface area contributed by atoms with Crippen LogP contribution in [0.3, 0.4) is 0 Å². The maximum atomic E-state index is 12.3. The van der Waals surface area contributed by atoms with E-state index in [1.165, 1.54) is 24.3 Å². The number of carbonyl (C=O) groups is 1. The highest BCUT2D eigenvalue weighted by Gasteiger charge is 2.35. The van der Waals surface area contributed by atoms with Crippen molar-refractivity contribution < 1.29 is 22.7 Å². The van der Waals surface area contributed by atoms with Crippen molar-refractivity contribution in [2.24, 2.45) is 0 Å². The molecule has 0 N–H and O–H groups in total. The molecule has 2 aromatic rings. The standard InChI is InChI=1S/C20H23ClF3N3O2/c1-12-8-15(9-13(2)26(12)19(28)11-21)18-10-14(3)27(25-18)16-4-6-17(7-5-16)29-20(22,23)24/h4-7,10,12-13,15H,8-9,11H2,1-3H3. The summed E-state index contributed by atoms with van der Waals surface area (Å²) >= 11 is 5.73. The van der Waals surface area contributed by atoms with E-state index in [9.17, 15) is 18.0 Å². The minimum atomic E-state index is -4.72. The quantitative estimate of drug-likeness (QED) is 0.656. The van der Waals surface area contributed by atoms with E-state index >= 15 is 0 Å². The molecule has 158 valence electrons. The van der Waals surface area contributed by atoms with Gasteiger partial charge in [0.15, 0.2) is 0 Å². The van der Waals surface area contributed by atoms with Crippen LogP contribution in [0.1, 0.15) is 44.0 Å². The molecular formula is C20H23ClF3N3O2. The summed E-state index contributed by atoms with van der Waals surface area (Å²) < 4.78 is 42.6. The zero-order valence-electron chi connectivity index (χ0n) is 16.4. The van der Waals surface area contributed by atoms with Crippen molar-refractivity contribution in [3.63, 3.8) is 0 Å². The monoisotopic (exact) mass is 429 g/mol. The maximum absolute atomic E-state index is 12.3. The van der Waals surface area contributed by atoms with Crippen molar-refractivity contribution in [3.05, 3.63) is 41.7 Å². The van der Waals surface area contributed by atoms with Crippen molar-refractivity contribution in [2.75, 3.05) is 5.88 Å². The molecule has 29 heavy (non-hydrogen) atoms. The van der Waals surface area contributed by atoms with Gasteiger partial charge in [0.2, 0.25) is 5.91 Å². The van der Waals surface area contributed by atoms with E-state index in [4.69, 9.17) is 16.7 Å². The number of ether oxygens (including phenoxy) is 1. The lowest BCUT2D eigenvalue weighted by Gasteiger charge is -2.42. The van der Waals surface area contributed by atoms with E-state index in [-0.39, 0.29) is 35.5 Å². The van der Waals surface area contributed by atoms with Crippen LogP contribution in [0.4, 0.5) is 13.2 Å². The number of alkyl halides is 4. The van der Waals surface area contributed by atoms with Crippen LogP contribution in [-0.4, -0.2) is 44.9 Å². The van der Waals surface area contributed by atoms with E-state index in [1.54, 1.807) is 4.68 Å². The number of hydrogen-bond acceptors (Lipinski definition) is 3. The second kappa shape index (κ2) is 8.26. The van der Waals surface area contributed by atoms with Crippen molar-refractivity contribution in [2.45, 2.75) is 58.0 Å². The molecule has 1 aromatic carbocycles. The smallest absolute Gasteiger partial charge is 0.406 e. The highest BCUT2D eigenvalue weighted by molar-refractivity contribution is 6.27. The minimum absolute atomic E-state index is 0.0267. The molecule has 0 bridgehead atoms. The van der Waals surface area contributed by atoms with Gasteiger partial charge >= 0.3 is 6.36 Å². The number of nitrogens with zero attached hydrogens (tertiary/aromatic N) is 3. The fourth-order valence-corrected chi connectivity index (χ4v) is 4.27. The second-order valence-electron chi connectivity index (χ2n) is 7.47. The Morgan fingerprint density at radius 3 is 2.31 bits per heavy atom. The molecule has 1 fully saturated rings. The summed E-state index contributed by atoms with van der Waals surface area (Å²) in [5.41, 5.74) is 2.44. The largest absolute Gasteiger partial charge is 0.573 e. The molecule has 1 aliphatic heterocycles. The first-order valence-electron chi connectivity index (χ1n) is 9.39. The van der Waals surface area contributed by atoms with Crippen molar-refractivity contribution in [3.8, 4) is 11.4 Å². The lowest BCUT2D eigenvalue weighted by Crippen LogP contribution is -2.50. The molecule has 1 amide bonds. The fraction of sp³-hybridized carbons (Fsp3) is 0.500. The van der Waals surface area contributed by atoms with E-state index in [0.717, 1.165) is 24.2 Å². The van der Waals surface area contributed by atoms with Crippen LogP contribution in [0, 0.1) is 6.92 Å². The van der Waals surface area contributed by atoms with Gasteiger partial charge in [0.1, 0.15) is 11.6 Å². The topological polar surface area (TPSA) is 47.4 Å². The summed E-state index contributed by atoms with van der Waals surface area (Å²) in [6.07, 6.45) is -3.16. The summed E-state index contributed by atoms with van der Waals surface area (Å²) in [5.74, 6) is -0.174. The molecule has 1 aromatic heterocycles. The predicted molar refractivity (Wildman–Crippen MR) is 103 cm³/mol. The van der Waals surface area contributed by atoms with Crippen molar-refractivity contribution >= 4 is 17.5 Å². The number of aromatic nitrogens is 2. The number of amides is 1. The molecule has 2 atom stereocenters. The van der Waals surface area contributed by atoms with Gasteiger partial charge in [-0.25, -0.2) is 4.68 Å². The van der Waals surface area contributed by atoms with Gasteiger partial charge in [-0.1, -0.05) is 0 Å². The number of rotatable bonds is 4. The third-order valence-electron chi connectivity index (χ3n) is 5.24. The molecular weight excluding hydrogens is 407 g/mol. The Hall–Kier alpha value is -2.22. The Balaban J connectivity index is 1.78. The number of likely N-dealkylation sites (tertiary alicyclic amines) is 1. The van der Waals surface area contributed by atoms with Gasteiger partial charge in [-0.05, 0) is 63.9 Å². The van der Waals surface area contributed by atoms with Gasteiger partial charge in [-0.3, -0.25) is 4.79 Å². The molecule has 1 saturated heterocycles. The molecule has 3 rings (SSSR count). The SMILES string of the molecule is Cc1cc(C2CC(C)N(C(=O)CCl)C(C)C2)nn1-c1ccc(OC(F)(F)F)cc1. The summed E-state index contributed by atoms with van der Waals surface area (Å²) in [6.45, 7) is 5.92. The molecule has 0 spiro atoms. The van der Waals surface area contributed by atoms with E-state index in [2.05, 4.69) is 4.74 Å². The average molecular weight is 430 g/mol. The Labute approximate surface area is 172 Å². The number of piperidine rings is 1. The third kappa shape index (κ3) is 4.86. The zero-order valence-corrected chi connectivity index (χ0v) is 17.2. The van der Waals surface area contributed by atoms with Crippen LogP contribution < -0.4 is 4.74 Å². The van der Waals surface area contributed by atoms with Crippen LogP contribution in [0.25, 0.3) is 5.69 Å². The molecule has 0 aliphatic carbocycles. The Kier molecular flexibility index (Phi) is 6.12. The predicted octanol–water partition coefficient (Wildman–Crippen LogP) is 4.80. The Morgan fingerprint density at radius 1 is 1.21 bits per heavy atom. The lowest BCUT2D eigenvalue weighted by atomic mass is 9.85. The van der Waals surface area contributed by atoms with Gasteiger partial charge in [0, 0.05) is 23.7 Å². The van der Waals surface area contributed by atoms with Crippen molar-refractivity contribution in [1.82, 2.24) is 14.7 Å². The fourth-order valence-electron chi connectivity index (χ4n) is 4.13. The van der Waals surface area contributed by atoms with Crippen LogP contribution in [0.5, 0.6) is 5.75 Å². The molecule has 9 heteroatoms. The van der Waals surface area contributed by atoms with Crippen LogP contribution in [0.15, 0.2) is 30.3 Å². The van der Waals surface area contributed by atoms with Crippen LogP contribution in [-0.2, 0) is 4.79 Å². The third-order valence-corrected chi connectivity index (χ3v) is 5.47. The first-order valence-corrected chi connectivity index (χ1v) is 9.92. The zero-order chi connectivity index (χ0) is 21.3. The summed E-state index contributed by atoms with van der Waals surface area (Å²) in [7, 11) is 0. The first kappa shape index (κ1) is 21.5. The summed E-state index contributed by atoms with van der Waals surface area (Å²) in [5, 5.41) is 4.69. The normalized spacial score (nSPS) is 22.6. The average Bonchev–Trinajstić information content (AvgIpc) is 3.02. The molecule has 0 saturated carbocycles. The highest BCUT2D eigenvalue weighted by Crippen LogP contribution is 2.35. The van der Waals surface area contributed by atoms with Crippen molar-refractivity contribution in [1.29, 1.82) is 0 Å². The molecule has 0 radical (unpaired) electrons. The van der Waals surface area contributed by atoms with Gasteiger partial charge < -0.3 is 9.64 Å². The van der Waals surface area contributed by atoms with E-state index < -0.39 is 6.36 Å². The summed E-state index contributed by atoms with van der Waals surface area (Å²) in [4.78, 5) is 13.9. The van der Waals surface area contributed by atoms with E-state index in [0.29, 0.717) is 5.69 Å². The van der Waals surface area contributed by atoms with Gasteiger partial charge in [0.25, 0.3) is 0 Å². The highest BCUT2D eigenvalue weighted by atomic mass is 35.5. The number of hydrogen-bond donors (Lipinski definition) is 0. The number of halogens is 4. The number of benzene rings is 1. The molecule has 1 aliphatic rings. The van der Waals surface area contributed by atoms with Gasteiger partial charge in [-0.15, -0.1) is 24.8 Å². The van der Waals surface area contributed by atoms with Crippen LogP contribution >= 0.6 is 11.6 Å². The number of carbonyl (C=O) groups excluding carboxylic acids is 1. The van der Waals surface area contributed by atoms with Gasteiger partial charge in [-0.2, -0.15) is 5.10 Å². The molecule has 2 heterocycles. The second-order valence-corrected chi connectivity index (χ2v) is 7.73. The summed E-state index contributed by atoms with van der Waals surface area (Å²) in [6, 6.07) is 7.71. The maximum Gasteiger partial charge on any atom is 0.573 e. The molecule has 5 nitrogen and oxygen atoms in total. The molecule has 2 unspecified atom stereocenters.